The standard InChI is InChI=1S/C17H13N3O4/c1-10-4-3-5-12-6-7-14(18-17(10)12)13-8-11(2)15(19(21)22)9-16(13)20(23)24/h3-9H,1-2H3. The Morgan fingerprint density at radius 3 is 2.25 bits per heavy atom. The van der Waals surface area contributed by atoms with Gasteiger partial charge in [0, 0.05) is 10.9 Å². The first-order chi connectivity index (χ1) is 11.4. The predicted molar refractivity (Wildman–Crippen MR) is 90.0 cm³/mol. The van der Waals surface area contributed by atoms with E-state index < -0.39 is 9.85 Å². The number of benzene rings is 2. The van der Waals surface area contributed by atoms with Crippen molar-refractivity contribution in [2.24, 2.45) is 0 Å². The second kappa shape index (κ2) is 5.69. The maximum Gasteiger partial charge on any atom is 0.285 e. The fourth-order valence-corrected chi connectivity index (χ4v) is 2.68. The molecule has 2 aromatic carbocycles. The number of hydrogen-bond donors (Lipinski definition) is 0. The second-order valence-electron chi connectivity index (χ2n) is 5.51. The van der Waals surface area contributed by atoms with Crippen molar-refractivity contribution < 1.29 is 9.85 Å². The van der Waals surface area contributed by atoms with Crippen LogP contribution in [0, 0.1) is 34.1 Å². The SMILES string of the molecule is Cc1cc(-c2ccc3cccc(C)c3n2)c([N+](=O)[O-])cc1[N+](=O)[O-]. The molecule has 0 N–H and O–H groups in total. The first kappa shape index (κ1) is 15.5. The molecule has 3 rings (SSSR count). The number of nitrogens with zero attached hydrogens (tertiary/aromatic N) is 3. The first-order valence-electron chi connectivity index (χ1n) is 7.18. The van der Waals surface area contributed by atoms with Crippen molar-refractivity contribution in [1.29, 1.82) is 0 Å². The van der Waals surface area contributed by atoms with Crippen LogP contribution in [0.1, 0.15) is 11.1 Å². The lowest BCUT2D eigenvalue weighted by molar-refractivity contribution is -0.394. The van der Waals surface area contributed by atoms with Crippen molar-refractivity contribution >= 4 is 22.3 Å². The summed E-state index contributed by atoms with van der Waals surface area (Å²) in [7, 11) is 0. The average Bonchev–Trinajstić information content (AvgIpc) is 2.54. The van der Waals surface area contributed by atoms with E-state index in [-0.39, 0.29) is 16.9 Å². The lowest BCUT2D eigenvalue weighted by Crippen LogP contribution is -1.99. The number of nitro groups is 2. The summed E-state index contributed by atoms with van der Waals surface area (Å²) in [6, 6.07) is 11.7. The van der Waals surface area contributed by atoms with Gasteiger partial charge in [-0.25, -0.2) is 4.98 Å². The summed E-state index contributed by atoms with van der Waals surface area (Å²) in [5.74, 6) is 0. The van der Waals surface area contributed by atoms with Gasteiger partial charge in [0.05, 0.1) is 32.7 Å². The van der Waals surface area contributed by atoms with Crippen molar-refractivity contribution in [1.82, 2.24) is 4.98 Å². The first-order valence-corrected chi connectivity index (χ1v) is 7.18. The molecule has 7 heteroatoms. The highest BCUT2D eigenvalue weighted by Gasteiger charge is 2.24. The molecule has 0 unspecified atom stereocenters. The van der Waals surface area contributed by atoms with Gasteiger partial charge in [0.1, 0.15) is 0 Å². The van der Waals surface area contributed by atoms with Crippen molar-refractivity contribution in [3.8, 4) is 11.3 Å². The molecule has 0 amide bonds. The van der Waals surface area contributed by atoms with E-state index in [2.05, 4.69) is 4.98 Å². The van der Waals surface area contributed by atoms with Crippen molar-refractivity contribution in [2.45, 2.75) is 13.8 Å². The van der Waals surface area contributed by atoms with Crippen LogP contribution in [0.4, 0.5) is 11.4 Å². The fraction of sp³-hybridized carbons (Fsp3) is 0.118. The molecule has 0 bridgehead atoms. The van der Waals surface area contributed by atoms with Crippen LogP contribution in [0.25, 0.3) is 22.2 Å². The third-order valence-electron chi connectivity index (χ3n) is 3.91. The summed E-state index contributed by atoms with van der Waals surface area (Å²) >= 11 is 0. The van der Waals surface area contributed by atoms with E-state index in [1.54, 1.807) is 13.0 Å². The molecule has 0 fully saturated rings. The summed E-state index contributed by atoms with van der Waals surface area (Å²) in [5.41, 5.74) is 2.15. The Balaban J connectivity index is 2.29. The summed E-state index contributed by atoms with van der Waals surface area (Å²) < 4.78 is 0. The number of aromatic nitrogens is 1. The van der Waals surface area contributed by atoms with Crippen LogP contribution in [0.2, 0.25) is 0 Å². The van der Waals surface area contributed by atoms with E-state index in [4.69, 9.17) is 0 Å². The van der Waals surface area contributed by atoms with Gasteiger partial charge in [-0.2, -0.15) is 0 Å². The normalized spacial score (nSPS) is 10.8. The zero-order chi connectivity index (χ0) is 17.4. The minimum Gasteiger partial charge on any atom is -0.258 e. The summed E-state index contributed by atoms with van der Waals surface area (Å²) in [6.07, 6.45) is 0. The molecule has 7 nitrogen and oxygen atoms in total. The summed E-state index contributed by atoms with van der Waals surface area (Å²) in [4.78, 5) is 25.7. The molecule has 0 saturated heterocycles. The molecular formula is C17H13N3O4. The maximum atomic E-state index is 11.4. The van der Waals surface area contributed by atoms with Gasteiger partial charge in [-0.15, -0.1) is 0 Å². The summed E-state index contributed by atoms with van der Waals surface area (Å²) in [6.45, 7) is 3.46. The molecule has 0 spiro atoms. The van der Waals surface area contributed by atoms with E-state index in [9.17, 15) is 20.2 Å². The third-order valence-corrected chi connectivity index (χ3v) is 3.91. The van der Waals surface area contributed by atoms with Crippen molar-refractivity contribution in [2.75, 3.05) is 0 Å². The van der Waals surface area contributed by atoms with Crippen LogP contribution in [-0.2, 0) is 0 Å². The van der Waals surface area contributed by atoms with E-state index in [1.165, 1.54) is 6.07 Å². The highest BCUT2D eigenvalue weighted by atomic mass is 16.6. The molecule has 1 heterocycles. The average molecular weight is 323 g/mol. The predicted octanol–water partition coefficient (Wildman–Crippen LogP) is 4.34. The molecule has 120 valence electrons. The number of rotatable bonds is 3. The van der Waals surface area contributed by atoms with Crippen LogP contribution in [-0.4, -0.2) is 14.8 Å². The molecule has 24 heavy (non-hydrogen) atoms. The summed E-state index contributed by atoms with van der Waals surface area (Å²) in [5, 5.41) is 23.3. The van der Waals surface area contributed by atoms with Gasteiger partial charge < -0.3 is 0 Å². The Labute approximate surface area is 136 Å². The van der Waals surface area contributed by atoms with Crippen LogP contribution < -0.4 is 0 Å². The van der Waals surface area contributed by atoms with Gasteiger partial charge in [-0.05, 0) is 31.5 Å². The number of aryl methyl sites for hydroxylation is 2. The zero-order valence-electron chi connectivity index (χ0n) is 13.0. The maximum absolute atomic E-state index is 11.4. The molecule has 0 aliphatic rings. The Morgan fingerprint density at radius 1 is 0.875 bits per heavy atom. The second-order valence-corrected chi connectivity index (χ2v) is 5.51. The number of hydrogen-bond acceptors (Lipinski definition) is 5. The number of pyridine rings is 1. The molecule has 1 aromatic heterocycles. The van der Waals surface area contributed by atoms with Crippen LogP contribution in [0.3, 0.4) is 0 Å². The third kappa shape index (κ3) is 2.56. The van der Waals surface area contributed by atoms with Gasteiger partial charge in [0.15, 0.2) is 0 Å². The van der Waals surface area contributed by atoms with Gasteiger partial charge in [0.2, 0.25) is 0 Å². The topological polar surface area (TPSA) is 99.2 Å². The largest absolute Gasteiger partial charge is 0.285 e. The van der Waals surface area contributed by atoms with Crippen molar-refractivity contribution in [3.05, 3.63) is 73.8 Å². The molecule has 0 saturated carbocycles. The Kier molecular flexibility index (Phi) is 3.69. The molecule has 0 aliphatic heterocycles. The highest BCUT2D eigenvalue weighted by molar-refractivity contribution is 5.86. The Hall–Kier alpha value is -3.35. The zero-order valence-corrected chi connectivity index (χ0v) is 13.0. The number of nitro benzene ring substituents is 2. The van der Waals surface area contributed by atoms with Crippen LogP contribution >= 0.6 is 0 Å². The van der Waals surface area contributed by atoms with Crippen LogP contribution in [0.5, 0.6) is 0 Å². The van der Waals surface area contributed by atoms with Crippen molar-refractivity contribution in [3.63, 3.8) is 0 Å². The van der Waals surface area contributed by atoms with Gasteiger partial charge >= 0.3 is 0 Å². The number of fused-ring (bicyclic) bond motifs is 1. The minimum atomic E-state index is -0.621. The lowest BCUT2D eigenvalue weighted by atomic mass is 10.0. The Bertz CT molecular complexity index is 999. The molecule has 0 aliphatic carbocycles. The van der Waals surface area contributed by atoms with E-state index in [1.807, 2.05) is 31.2 Å². The van der Waals surface area contributed by atoms with Gasteiger partial charge in [-0.3, -0.25) is 20.2 Å². The molecule has 0 atom stereocenters. The molecule has 0 radical (unpaired) electrons. The Morgan fingerprint density at radius 2 is 1.58 bits per heavy atom. The smallest absolute Gasteiger partial charge is 0.258 e. The van der Waals surface area contributed by atoms with E-state index >= 15 is 0 Å². The highest BCUT2D eigenvalue weighted by Crippen LogP contribution is 2.35. The molecular weight excluding hydrogens is 310 g/mol. The van der Waals surface area contributed by atoms with Gasteiger partial charge in [0.25, 0.3) is 11.4 Å². The van der Waals surface area contributed by atoms with E-state index in [0.717, 1.165) is 22.5 Å². The lowest BCUT2D eigenvalue weighted by Gasteiger charge is -2.07. The van der Waals surface area contributed by atoms with E-state index in [0.29, 0.717) is 11.3 Å². The quantitative estimate of drug-likeness (QED) is 0.527. The number of para-hydroxylation sites is 1. The van der Waals surface area contributed by atoms with Gasteiger partial charge in [-0.1, -0.05) is 24.3 Å². The molecule has 3 aromatic rings. The fourth-order valence-electron chi connectivity index (χ4n) is 2.68. The monoisotopic (exact) mass is 323 g/mol. The van der Waals surface area contributed by atoms with Crippen LogP contribution in [0.15, 0.2) is 42.5 Å². The minimum absolute atomic E-state index is 0.272.